The summed E-state index contributed by atoms with van der Waals surface area (Å²) in [6.07, 6.45) is 4.41. The molecule has 0 saturated carbocycles. The van der Waals surface area contributed by atoms with E-state index in [2.05, 4.69) is 4.98 Å². The number of aromatic nitrogens is 1. The second kappa shape index (κ2) is 5.99. The summed E-state index contributed by atoms with van der Waals surface area (Å²) in [5.41, 5.74) is -1.40. The highest BCUT2D eigenvalue weighted by Crippen LogP contribution is 2.44. The average molecular weight is 336 g/mol. The third kappa shape index (κ3) is 3.38. The Bertz CT molecular complexity index is 615. The molecule has 24 heavy (non-hydrogen) atoms. The van der Waals surface area contributed by atoms with E-state index in [1.54, 1.807) is 4.90 Å². The minimum absolute atomic E-state index is 0.109. The predicted molar refractivity (Wildman–Crippen MR) is 86.8 cm³/mol. The van der Waals surface area contributed by atoms with Crippen molar-refractivity contribution < 1.29 is 19.0 Å². The number of piperidine rings is 2. The number of aliphatic hydroxyl groups is 1. The number of carbonyl (C=O) groups is 1. The molecule has 2 atom stereocenters. The molecule has 0 aromatic carbocycles. The molecule has 132 valence electrons. The maximum absolute atomic E-state index is 13.5. The molecule has 2 bridgehead atoms. The first-order valence-electron chi connectivity index (χ1n) is 8.54. The van der Waals surface area contributed by atoms with Gasteiger partial charge in [-0.25, -0.2) is 9.18 Å². The molecule has 2 saturated heterocycles. The maximum atomic E-state index is 13.5. The standard InChI is InChI=1S/C18H25FN2O3/c1-17(2,3)24-16(22)21-13-5-4-6-14(21)11-18(23,10-13)15-9-12(19)7-8-20-15/h7-9,13-14,23H,4-6,10-11H2,1-3H3. The zero-order valence-electron chi connectivity index (χ0n) is 14.5. The molecule has 1 aromatic rings. The molecule has 5 nitrogen and oxygen atoms in total. The van der Waals surface area contributed by atoms with Gasteiger partial charge in [0, 0.05) is 31.1 Å². The van der Waals surface area contributed by atoms with Crippen molar-refractivity contribution in [2.24, 2.45) is 0 Å². The molecule has 1 amide bonds. The van der Waals surface area contributed by atoms with Gasteiger partial charge in [-0.2, -0.15) is 0 Å². The van der Waals surface area contributed by atoms with Crippen molar-refractivity contribution >= 4 is 6.09 Å². The lowest BCUT2D eigenvalue weighted by Gasteiger charge is -2.51. The zero-order chi connectivity index (χ0) is 17.5. The van der Waals surface area contributed by atoms with Gasteiger partial charge in [-0.3, -0.25) is 4.98 Å². The Morgan fingerprint density at radius 2 is 2.00 bits per heavy atom. The van der Waals surface area contributed by atoms with Crippen molar-refractivity contribution in [1.29, 1.82) is 0 Å². The molecule has 6 heteroatoms. The van der Waals surface area contributed by atoms with Gasteiger partial charge in [0.2, 0.25) is 0 Å². The number of hydrogen-bond donors (Lipinski definition) is 1. The van der Waals surface area contributed by atoms with Crippen LogP contribution in [0.15, 0.2) is 18.3 Å². The van der Waals surface area contributed by atoms with Crippen molar-refractivity contribution in [3.63, 3.8) is 0 Å². The van der Waals surface area contributed by atoms with Gasteiger partial charge in [0.1, 0.15) is 17.0 Å². The molecular weight excluding hydrogens is 311 g/mol. The number of halogens is 1. The van der Waals surface area contributed by atoms with E-state index in [1.807, 2.05) is 20.8 Å². The van der Waals surface area contributed by atoms with Crippen LogP contribution in [-0.2, 0) is 10.3 Å². The molecule has 2 unspecified atom stereocenters. The van der Waals surface area contributed by atoms with Crippen LogP contribution in [0.4, 0.5) is 9.18 Å². The molecule has 2 aliphatic heterocycles. The van der Waals surface area contributed by atoms with Gasteiger partial charge in [0.15, 0.2) is 0 Å². The number of nitrogens with zero attached hydrogens (tertiary/aromatic N) is 2. The maximum Gasteiger partial charge on any atom is 0.410 e. The highest BCUT2D eigenvalue weighted by Gasteiger charge is 2.49. The van der Waals surface area contributed by atoms with Gasteiger partial charge in [-0.15, -0.1) is 0 Å². The fourth-order valence-corrected chi connectivity index (χ4v) is 3.91. The fourth-order valence-electron chi connectivity index (χ4n) is 3.91. The van der Waals surface area contributed by atoms with Crippen LogP contribution in [0.3, 0.4) is 0 Å². The second-order valence-corrected chi connectivity index (χ2v) is 7.93. The van der Waals surface area contributed by atoms with Crippen LogP contribution >= 0.6 is 0 Å². The van der Waals surface area contributed by atoms with E-state index in [0.717, 1.165) is 19.3 Å². The summed E-state index contributed by atoms with van der Waals surface area (Å²) >= 11 is 0. The van der Waals surface area contributed by atoms with Crippen molar-refractivity contribution in [3.05, 3.63) is 29.8 Å². The Morgan fingerprint density at radius 1 is 1.38 bits per heavy atom. The third-order valence-electron chi connectivity index (χ3n) is 4.81. The average Bonchev–Trinajstić information content (AvgIpc) is 2.44. The topological polar surface area (TPSA) is 62.7 Å². The quantitative estimate of drug-likeness (QED) is 0.854. The van der Waals surface area contributed by atoms with Crippen LogP contribution in [0.5, 0.6) is 0 Å². The van der Waals surface area contributed by atoms with Crippen molar-refractivity contribution in [2.45, 2.75) is 76.2 Å². The SMILES string of the molecule is CC(C)(C)OC(=O)N1C2CCCC1CC(O)(c1cc(F)ccn1)C2. The van der Waals surface area contributed by atoms with Crippen molar-refractivity contribution in [1.82, 2.24) is 9.88 Å². The summed E-state index contributed by atoms with van der Waals surface area (Å²) in [6, 6.07) is 2.34. The van der Waals surface area contributed by atoms with Gasteiger partial charge in [0.25, 0.3) is 0 Å². The first-order valence-corrected chi connectivity index (χ1v) is 8.54. The van der Waals surface area contributed by atoms with E-state index >= 15 is 0 Å². The number of carbonyl (C=O) groups excluding carboxylic acids is 1. The van der Waals surface area contributed by atoms with Crippen LogP contribution in [0.25, 0.3) is 0 Å². The first-order chi connectivity index (χ1) is 11.2. The monoisotopic (exact) mass is 336 g/mol. The van der Waals surface area contributed by atoms with Crippen LogP contribution < -0.4 is 0 Å². The predicted octanol–water partition coefficient (Wildman–Crippen LogP) is 3.36. The van der Waals surface area contributed by atoms with Gasteiger partial charge in [-0.1, -0.05) is 0 Å². The molecule has 0 aliphatic carbocycles. The van der Waals surface area contributed by atoms with Gasteiger partial charge >= 0.3 is 6.09 Å². The van der Waals surface area contributed by atoms with Crippen LogP contribution in [0, 0.1) is 5.82 Å². The molecule has 3 rings (SSSR count). The van der Waals surface area contributed by atoms with Crippen molar-refractivity contribution in [2.75, 3.05) is 0 Å². The number of ether oxygens (including phenoxy) is 1. The van der Waals surface area contributed by atoms with Gasteiger partial charge in [-0.05, 0) is 52.2 Å². The highest BCUT2D eigenvalue weighted by atomic mass is 19.1. The summed E-state index contributed by atoms with van der Waals surface area (Å²) < 4.78 is 19.1. The van der Waals surface area contributed by atoms with Gasteiger partial charge in [0.05, 0.1) is 5.69 Å². The lowest BCUT2D eigenvalue weighted by atomic mass is 9.74. The third-order valence-corrected chi connectivity index (χ3v) is 4.81. The summed E-state index contributed by atoms with van der Waals surface area (Å²) in [4.78, 5) is 18.5. The second-order valence-electron chi connectivity index (χ2n) is 7.93. The summed E-state index contributed by atoms with van der Waals surface area (Å²) in [5, 5.41) is 11.1. The largest absolute Gasteiger partial charge is 0.444 e. The molecule has 3 heterocycles. The lowest BCUT2D eigenvalue weighted by molar-refractivity contribution is -0.0985. The molecule has 2 fully saturated rings. The van der Waals surface area contributed by atoms with E-state index in [-0.39, 0.29) is 18.2 Å². The molecular formula is C18H25FN2O3. The Morgan fingerprint density at radius 3 is 2.54 bits per heavy atom. The Hall–Kier alpha value is -1.69. The van der Waals surface area contributed by atoms with E-state index in [0.29, 0.717) is 18.5 Å². The Labute approximate surface area is 141 Å². The first kappa shape index (κ1) is 17.1. The van der Waals surface area contributed by atoms with Crippen LogP contribution in [0.2, 0.25) is 0 Å². The molecule has 0 radical (unpaired) electrons. The number of hydrogen-bond acceptors (Lipinski definition) is 4. The van der Waals surface area contributed by atoms with Crippen LogP contribution in [0.1, 0.15) is 58.6 Å². The summed E-state index contributed by atoms with van der Waals surface area (Å²) in [7, 11) is 0. The zero-order valence-corrected chi connectivity index (χ0v) is 14.5. The van der Waals surface area contributed by atoms with E-state index in [4.69, 9.17) is 4.74 Å². The van der Waals surface area contributed by atoms with Gasteiger partial charge < -0.3 is 14.7 Å². The van der Waals surface area contributed by atoms with E-state index < -0.39 is 17.0 Å². The normalized spacial score (nSPS) is 30.1. The molecule has 0 spiro atoms. The fraction of sp³-hybridized carbons (Fsp3) is 0.667. The smallest absolute Gasteiger partial charge is 0.410 e. The lowest BCUT2D eigenvalue weighted by Crippen LogP contribution is -2.59. The van der Waals surface area contributed by atoms with Crippen LogP contribution in [-0.4, -0.2) is 38.8 Å². The Balaban J connectivity index is 1.84. The summed E-state index contributed by atoms with van der Waals surface area (Å²) in [5.74, 6) is -0.409. The van der Waals surface area contributed by atoms with Crippen molar-refractivity contribution in [3.8, 4) is 0 Å². The molecule has 1 N–H and O–H groups in total. The number of rotatable bonds is 1. The summed E-state index contributed by atoms with van der Waals surface area (Å²) in [6.45, 7) is 5.53. The highest BCUT2D eigenvalue weighted by molar-refractivity contribution is 5.69. The number of amides is 1. The number of pyridine rings is 1. The minimum atomic E-state index is -1.20. The minimum Gasteiger partial charge on any atom is -0.444 e. The number of fused-ring (bicyclic) bond motifs is 2. The molecule has 2 aliphatic rings. The Kier molecular flexibility index (Phi) is 4.28. The van der Waals surface area contributed by atoms with E-state index in [9.17, 15) is 14.3 Å². The van der Waals surface area contributed by atoms with E-state index in [1.165, 1.54) is 18.3 Å². The molecule has 1 aromatic heterocycles.